The number of aryl methyl sites for hydroxylation is 1. The summed E-state index contributed by atoms with van der Waals surface area (Å²) in [7, 11) is -3.76. The molecule has 8 heteroatoms. The molecule has 0 bridgehead atoms. The highest BCUT2D eigenvalue weighted by atomic mass is 35.5. The Morgan fingerprint density at radius 3 is 2.31 bits per heavy atom. The van der Waals surface area contributed by atoms with E-state index in [-0.39, 0.29) is 10.8 Å². The highest BCUT2D eigenvalue weighted by molar-refractivity contribution is 7.92. The summed E-state index contributed by atoms with van der Waals surface area (Å²) in [4.78, 5) is 12.5. The van der Waals surface area contributed by atoms with Crippen LogP contribution in [0, 0.1) is 6.92 Å². The standard InChI is InChI=1S/C21H18Cl2N2O3S/c1-14-12-15(21(26)24-13-16-4-2-3-5-19(16)23)6-11-20(14)25-29(27,28)18-9-7-17(22)8-10-18/h2-12,25H,13H2,1H3,(H,24,26). The first-order chi connectivity index (χ1) is 13.8. The maximum atomic E-state index is 12.5. The van der Waals surface area contributed by atoms with E-state index in [2.05, 4.69) is 10.0 Å². The van der Waals surface area contributed by atoms with E-state index in [4.69, 9.17) is 23.2 Å². The van der Waals surface area contributed by atoms with E-state index in [1.807, 2.05) is 18.2 Å². The summed E-state index contributed by atoms with van der Waals surface area (Å²) in [6.45, 7) is 2.02. The van der Waals surface area contributed by atoms with Crippen LogP contribution in [-0.2, 0) is 16.6 Å². The molecule has 29 heavy (non-hydrogen) atoms. The number of benzene rings is 3. The van der Waals surface area contributed by atoms with E-state index in [1.54, 1.807) is 31.2 Å². The van der Waals surface area contributed by atoms with Crippen molar-refractivity contribution in [3.05, 3.63) is 93.5 Å². The van der Waals surface area contributed by atoms with Gasteiger partial charge >= 0.3 is 0 Å². The normalized spacial score (nSPS) is 11.1. The van der Waals surface area contributed by atoms with E-state index < -0.39 is 10.0 Å². The Labute approximate surface area is 179 Å². The zero-order valence-corrected chi connectivity index (χ0v) is 17.8. The van der Waals surface area contributed by atoms with Crippen LogP contribution in [0.25, 0.3) is 0 Å². The number of rotatable bonds is 6. The van der Waals surface area contributed by atoms with Crippen molar-refractivity contribution in [1.82, 2.24) is 5.32 Å². The molecule has 0 aliphatic rings. The SMILES string of the molecule is Cc1cc(C(=O)NCc2ccccc2Cl)ccc1NS(=O)(=O)c1ccc(Cl)cc1. The molecule has 0 spiro atoms. The van der Waals surface area contributed by atoms with Gasteiger partial charge in [-0.25, -0.2) is 8.42 Å². The number of anilines is 1. The van der Waals surface area contributed by atoms with Gasteiger partial charge in [0.15, 0.2) is 0 Å². The summed E-state index contributed by atoms with van der Waals surface area (Å²) < 4.78 is 27.6. The van der Waals surface area contributed by atoms with Crippen LogP contribution in [0.15, 0.2) is 71.6 Å². The summed E-state index contributed by atoms with van der Waals surface area (Å²) in [5, 5.41) is 3.84. The van der Waals surface area contributed by atoms with Gasteiger partial charge in [0, 0.05) is 22.2 Å². The predicted molar refractivity (Wildman–Crippen MR) is 116 cm³/mol. The minimum Gasteiger partial charge on any atom is -0.348 e. The molecule has 3 aromatic rings. The molecule has 0 heterocycles. The smallest absolute Gasteiger partial charge is 0.261 e. The zero-order chi connectivity index (χ0) is 21.0. The lowest BCUT2D eigenvalue weighted by Crippen LogP contribution is -2.23. The van der Waals surface area contributed by atoms with Crippen LogP contribution in [0.5, 0.6) is 0 Å². The lowest BCUT2D eigenvalue weighted by Gasteiger charge is -2.12. The first-order valence-corrected chi connectivity index (χ1v) is 10.9. The Morgan fingerprint density at radius 1 is 0.966 bits per heavy atom. The summed E-state index contributed by atoms with van der Waals surface area (Å²) >= 11 is 11.9. The van der Waals surface area contributed by atoms with Crippen molar-refractivity contribution >= 4 is 44.8 Å². The highest BCUT2D eigenvalue weighted by Crippen LogP contribution is 2.22. The van der Waals surface area contributed by atoms with Gasteiger partial charge in [0.05, 0.1) is 10.6 Å². The fourth-order valence-electron chi connectivity index (χ4n) is 2.66. The highest BCUT2D eigenvalue weighted by Gasteiger charge is 2.16. The average molecular weight is 449 g/mol. The maximum Gasteiger partial charge on any atom is 0.261 e. The minimum absolute atomic E-state index is 0.0999. The van der Waals surface area contributed by atoms with Crippen LogP contribution >= 0.6 is 23.2 Å². The molecule has 0 aliphatic carbocycles. The lowest BCUT2D eigenvalue weighted by molar-refractivity contribution is 0.0951. The molecule has 150 valence electrons. The molecule has 2 N–H and O–H groups in total. The van der Waals surface area contributed by atoms with E-state index in [0.717, 1.165) is 5.56 Å². The fraction of sp³-hybridized carbons (Fsp3) is 0.0952. The second kappa shape index (κ2) is 8.86. The Hall–Kier alpha value is -2.54. The molecule has 0 radical (unpaired) electrons. The number of hydrogen-bond acceptors (Lipinski definition) is 3. The number of hydrogen-bond donors (Lipinski definition) is 2. The largest absolute Gasteiger partial charge is 0.348 e. The van der Waals surface area contributed by atoms with Gasteiger partial charge in [0.1, 0.15) is 0 Å². The minimum atomic E-state index is -3.76. The summed E-state index contributed by atoms with van der Waals surface area (Å²) in [5.41, 5.74) is 2.24. The number of carbonyl (C=O) groups is 1. The van der Waals surface area contributed by atoms with Crippen molar-refractivity contribution in [3.8, 4) is 0 Å². The van der Waals surface area contributed by atoms with E-state index in [1.165, 1.54) is 24.3 Å². The van der Waals surface area contributed by atoms with Crippen molar-refractivity contribution < 1.29 is 13.2 Å². The van der Waals surface area contributed by atoms with Crippen molar-refractivity contribution in [2.75, 3.05) is 4.72 Å². The number of halogens is 2. The first-order valence-electron chi connectivity index (χ1n) is 8.67. The van der Waals surface area contributed by atoms with Gasteiger partial charge in [-0.3, -0.25) is 9.52 Å². The summed E-state index contributed by atoms with van der Waals surface area (Å²) in [6.07, 6.45) is 0. The third kappa shape index (κ3) is 5.29. The molecule has 0 fully saturated rings. The molecular weight excluding hydrogens is 431 g/mol. The zero-order valence-electron chi connectivity index (χ0n) is 15.4. The molecule has 0 aliphatic heterocycles. The van der Waals surface area contributed by atoms with Crippen molar-refractivity contribution in [2.45, 2.75) is 18.4 Å². The summed E-state index contributed by atoms with van der Waals surface area (Å²) in [6, 6.07) is 17.9. The third-order valence-electron chi connectivity index (χ3n) is 4.25. The quantitative estimate of drug-likeness (QED) is 0.554. The molecule has 0 saturated carbocycles. The Balaban J connectivity index is 1.72. The Kier molecular flexibility index (Phi) is 6.47. The maximum absolute atomic E-state index is 12.5. The number of amides is 1. The van der Waals surface area contributed by atoms with Crippen LogP contribution in [0.3, 0.4) is 0 Å². The Bertz CT molecular complexity index is 1150. The second-order valence-electron chi connectivity index (χ2n) is 6.36. The van der Waals surface area contributed by atoms with Gasteiger partial charge in [-0.05, 0) is 66.6 Å². The van der Waals surface area contributed by atoms with Crippen LogP contribution in [-0.4, -0.2) is 14.3 Å². The van der Waals surface area contributed by atoms with Gasteiger partial charge in [0.2, 0.25) is 0 Å². The van der Waals surface area contributed by atoms with Crippen molar-refractivity contribution in [3.63, 3.8) is 0 Å². The molecule has 0 atom stereocenters. The lowest BCUT2D eigenvalue weighted by atomic mass is 10.1. The van der Waals surface area contributed by atoms with Crippen LogP contribution in [0.2, 0.25) is 10.0 Å². The molecule has 3 aromatic carbocycles. The molecule has 0 aromatic heterocycles. The van der Waals surface area contributed by atoms with Crippen molar-refractivity contribution in [1.29, 1.82) is 0 Å². The van der Waals surface area contributed by atoms with Gasteiger partial charge in [-0.2, -0.15) is 0 Å². The molecule has 5 nitrogen and oxygen atoms in total. The molecule has 0 saturated heterocycles. The fourth-order valence-corrected chi connectivity index (χ4v) is 4.12. The van der Waals surface area contributed by atoms with E-state index in [9.17, 15) is 13.2 Å². The van der Waals surface area contributed by atoms with Crippen LogP contribution < -0.4 is 10.0 Å². The molecule has 1 amide bonds. The summed E-state index contributed by atoms with van der Waals surface area (Å²) in [5.74, 6) is -0.278. The molecular formula is C21H18Cl2N2O3S. The van der Waals surface area contributed by atoms with E-state index >= 15 is 0 Å². The topological polar surface area (TPSA) is 75.3 Å². The molecule has 3 rings (SSSR count). The number of sulfonamides is 1. The monoisotopic (exact) mass is 448 g/mol. The Morgan fingerprint density at radius 2 is 1.66 bits per heavy atom. The van der Waals surface area contributed by atoms with E-state index in [0.29, 0.717) is 33.4 Å². The number of nitrogens with one attached hydrogen (secondary N) is 2. The van der Waals surface area contributed by atoms with Crippen molar-refractivity contribution in [2.24, 2.45) is 0 Å². The second-order valence-corrected chi connectivity index (χ2v) is 8.89. The van der Waals surface area contributed by atoms with Crippen LogP contribution in [0.1, 0.15) is 21.5 Å². The van der Waals surface area contributed by atoms with Crippen LogP contribution in [0.4, 0.5) is 5.69 Å². The van der Waals surface area contributed by atoms with Gasteiger partial charge in [0.25, 0.3) is 15.9 Å². The predicted octanol–water partition coefficient (Wildman–Crippen LogP) is 5.03. The first kappa shape index (κ1) is 21.2. The van der Waals surface area contributed by atoms with Gasteiger partial charge in [-0.15, -0.1) is 0 Å². The third-order valence-corrected chi connectivity index (χ3v) is 6.26. The van der Waals surface area contributed by atoms with Gasteiger partial charge < -0.3 is 5.32 Å². The van der Waals surface area contributed by atoms with Gasteiger partial charge in [-0.1, -0.05) is 41.4 Å². The number of carbonyl (C=O) groups excluding carboxylic acids is 1. The molecule has 0 unspecified atom stereocenters. The average Bonchev–Trinajstić information content (AvgIpc) is 2.69.